The van der Waals surface area contributed by atoms with Gasteiger partial charge in [-0.3, -0.25) is 14.9 Å². The van der Waals surface area contributed by atoms with Gasteiger partial charge in [-0.15, -0.1) is 0 Å². The van der Waals surface area contributed by atoms with E-state index in [2.05, 4.69) is 0 Å². The molecular weight excluding hydrogens is 307 g/mol. The number of sulfonamides is 1. The highest BCUT2D eigenvalue weighted by Gasteiger charge is 2.34. The predicted octanol–water partition coefficient (Wildman–Crippen LogP) is 1.12. The van der Waals surface area contributed by atoms with Crippen LogP contribution in [-0.2, 0) is 14.8 Å². The van der Waals surface area contributed by atoms with E-state index in [1.807, 2.05) is 4.72 Å². The van der Waals surface area contributed by atoms with Crippen molar-refractivity contribution < 1.29 is 27.6 Å². The molecule has 0 aliphatic carbocycles. The van der Waals surface area contributed by atoms with Crippen LogP contribution < -0.4 is 4.72 Å². The highest BCUT2D eigenvalue weighted by atomic mass is 32.2. The zero-order valence-corrected chi connectivity index (χ0v) is 11.9. The van der Waals surface area contributed by atoms with Gasteiger partial charge in [-0.2, -0.15) is 9.11 Å². The molecule has 10 heteroatoms. The Morgan fingerprint density at radius 1 is 1.43 bits per heavy atom. The second-order valence-corrected chi connectivity index (χ2v) is 6.21. The van der Waals surface area contributed by atoms with Gasteiger partial charge in [0.2, 0.25) is 15.8 Å². The zero-order valence-electron chi connectivity index (χ0n) is 11.1. The van der Waals surface area contributed by atoms with Gasteiger partial charge >= 0.3 is 11.7 Å². The van der Waals surface area contributed by atoms with Gasteiger partial charge in [-0.25, -0.2) is 8.42 Å². The van der Waals surface area contributed by atoms with E-state index in [1.165, 1.54) is 13.8 Å². The Morgan fingerprint density at radius 3 is 2.43 bits per heavy atom. The Hall–Kier alpha value is -2.07. The number of benzene rings is 1. The number of carboxylic acids is 1. The van der Waals surface area contributed by atoms with E-state index in [0.717, 1.165) is 18.2 Å². The van der Waals surface area contributed by atoms with Crippen molar-refractivity contribution in [2.75, 3.05) is 0 Å². The van der Waals surface area contributed by atoms with Crippen LogP contribution in [0.2, 0.25) is 0 Å². The SMILES string of the molecule is CC(C)[C@@H](NS(=O)(=O)c1cccc(F)c1[N+](=O)[O-])C(=O)O. The summed E-state index contributed by atoms with van der Waals surface area (Å²) in [6, 6.07) is 1.08. The van der Waals surface area contributed by atoms with Gasteiger partial charge in [-0.1, -0.05) is 19.9 Å². The fourth-order valence-corrected chi connectivity index (χ4v) is 3.11. The summed E-state index contributed by atoms with van der Waals surface area (Å²) < 4.78 is 39.4. The number of hydrogen-bond donors (Lipinski definition) is 2. The standard InChI is InChI=1S/C11H13FN2O6S/c1-6(2)9(11(15)16)13-21(19,20)8-5-3-4-7(12)10(8)14(17)18/h3-6,9,13H,1-2H3,(H,15,16)/t9-/m1/s1. The van der Waals surface area contributed by atoms with Gasteiger partial charge in [0.05, 0.1) is 4.92 Å². The molecular formula is C11H13FN2O6S. The molecule has 0 aromatic heterocycles. The molecule has 0 aliphatic heterocycles. The Kier molecular flexibility index (Phi) is 4.97. The zero-order chi connectivity index (χ0) is 16.4. The Balaban J connectivity index is 3.36. The van der Waals surface area contributed by atoms with Crippen LogP contribution in [0.1, 0.15) is 13.8 Å². The number of aliphatic carboxylic acids is 1. The van der Waals surface area contributed by atoms with E-state index in [1.54, 1.807) is 0 Å². The number of nitro groups is 1. The van der Waals surface area contributed by atoms with Crippen LogP contribution in [0, 0.1) is 21.8 Å². The number of rotatable bonds is 6. The van der Waals surface area contributed by atoms with Crippen LogP contribution in [0.5, 0.6) is 0 Å². The molecule has 2 N–H and O–H groups in total. The summed E-state index contributed by atoms with van der Waals surface area (Å²) in [5.74, 6) is -3.36. The fourth-order valence-electron chi connectivity index (χ4n) is 1.59. The van der Waals surface area contributed by atoms with Crippen molar-refractivity contribution in [1.29, 1.82) is 0 Å². The lowest BCUT2D eigenvalue weighted by molar-refractivity contribution is -0.390. The molecule has 0 bridgehead atoms. The number of carboxylic acid groups (broad SMARTS) is 1. The average molecular weight is 320 g/mol. The summed E-state index contributed by atoms with van der Waals surface area (Å²) in [4.78, 5) is 19.7. The number of halogens is 1. The summed E-state index contributed by atoms with van der Waals surface area (Å²) in [6.07, 6.45) is 0. The van der Waals surface area contributed by atoms with Crippen LogP contribution >= 0.6 is 0 Å². The highest BCUT2D eigenvalue weighted by molar-refractivity contribution is 7.89. The normalized spacial score (nSPS) is 13.1. The van der Waals surface area contributed by atoms with Crippen LogP contribution in [0.15, 0.2) is 23.1 Å². The van der Waals surface area contributed by atoms with E-state index >= 15 is 0 Å². The largest absolute Gasteiger partial charge is 0.480 e. The topological polar surface area (TPSA) is 127 Å². The summed E-state index contributed by atoms with van der Waals surface area (Å²) in [5.41, 5.74) is -1.22. The molecule has 0 spiro atoms. The monoisotopic (exact) mass is 320 g/mol. The van der Waals surface area contributed by atoms with Crippen molar-refractivity contribution in [3.63, 3.8) is 0 Å². The minimum absolute atomic E-state index is 0.607. The van der Waals surface area contributed by atoms with Gasteiger partial charge < -0.3 is 5.11 Å². The minimum atomic E-state index is -4.56. The van der Waals surface area contributed by atoms with Crippen molar-refractivity contribution in [2.24, 2.45) is 5.92 Å². The Labute approximate surface area is 119 Å². The molecule has 21 heavy (non-hydrogen) atoms. The van der Waals surface area contributed by atoms with E-state index in [-0.39, 0.29) is 0 Å². The maximum Gasteiger partial charge on any atom is 0.324 e. The van der Waals surface area contributed by atoms with Gasteiger partial charge in [0.15, 0.2) is 4.90 Å². The molecule has 0 radical (unpaired) electrons. The molecule has 0 heterocycles. The first kappa shape index (κ1) is 17.0. The number of nitrogens with zero attached hydrogens (tertiary/aromatic N) is 1. The molecule has 116 valence electrons. The van der Waals surface area contributed by atoms with Crippen molar-refractivity contribution in [3.8, 4) is 0 Å². The number of nitrogens with one attached hydrogen (secondary N) is 1. The predicted molar refractivity (Wildman–Crippen MR) is 69.6 cm³/mol. The van der Waals surface area contributed by atoms with Gasteiger partial charge in [0.25, 0.3) is 0 Å². The Bertz CT molecular complexity index is 673. The maximum absolute atomic E-state index is 13.4. The molecule has 0 unspecified atom stereocenters. The van der Waals surface area contributed by atoms with E-state index in [0.29, 0.717) is 0 Å². The maximum atomic E-state index is 13.4. The molecule has 8 nitrogen and oxygen atoms in total. The summed E-state index contributed by atoms with van der Waals surface area (Å²) >= 11 is 0. The summed E-state index contributed by atoms with van der Waals surface area (Å²) in [5, 5.41) is 19.8. The smallest absolute Gasteiger partial charge is 0.324 e. The number of carbonyl (C=O) groups is 1. The van der Waals surface area contributed by atoms with Crippen molar-refractivity contribution in [3.05, 3.63) is 34.1 Å². The molecule has 0 aliphatic rings. The van der Waals surface area contributed by atoms with Gasteiger partial charge in [-0.05, 0) is 18.1 Å². The molecule has 0 saturated heterocycles. The first-order valence-corrected chi connectivity index (χ1v) is 7.24. The molecule has 1 aromatic rings. The second kappa shape index (κ2) is 6.14. The van der Waals surface area contributed by atoms with E-state index in [9.17, 15) is 27.7 Å². The van der Waals surface area contributed by atoms with Crippen molar-refractivity contribution in [1.82, 2.24) is 4.72 Å². The molecule has 0 saturated carbocycles. The van der Waals surface area contributed by atoms with Crippen LogP contribution in [0.4, 0.5) is 10.1 Å². The first-order valence-electron chi connectivity index (χ1n) is 5.76. The molecule has 1 atom stereocenters. The average Bonchev–Trinajstić information content (AvgIpc) is 2.34. The molecule has 0 fully saturated rings. The third kappa shape index (κ3) is 3.73. The van der Waals surface area contributed by atoms with Crippen LogP contribution in [0.25, 0.3) is 0 Å². The molecule has 1 aromatic carbocycles. The lowest BCUT2D eigenvalue weighted by Crippen LogP contribution is -2.44. The Morgan fingerprint density at radius 2 is 2.00 bits per heavy atom. The lowest BCUT2D eigenvalue weighted by atomic mass is 10.1. The summed E-state index contributed by atoms with van der Waals surface area (Å²) in [7, 11) is -4.56. The van der Waals surface area contributed by atoms with Crippen LogP contribution in [0.3, 0.4) is 0 Å². The van der Waals surface area contributed by atoms with Crippen LogP contribution in [-0.4, -0.2) is 30.5 Å². The van der Waals surface area contributed by atoms with Gasteiger partial charge in [0, 0.05) is 0 Å². The van der Waals surface area contributed by atoms with Crippen molar-refractivity contribution in [2.45, 2.75) is 24.8 Å². The molecule has 0 amide bonds. The molecule has 1 rings (SSSR count). The lowest BCUT2D eigenvalue weighted by Gasteiger charge is -2.17. The van der Waals surface area contributed by atoms with E-state index in [4.69, 9.17) is 5.11 Å². The number of para-hydroxylation sites is 1. The second-order valence-electron chi connectivity index (χ2n) is 4.52. The quantitative estimate of drug-likeness (QED) is 0.597. The van der Waals surface area contributed by atoms with Gasteiger partial charge in [0.1, 0.15) is 6.04 Å². The highest BCUT2D eigenvalue weighted by Crippen LogP contribution is 2.27. The number of nitro benzene ring substituents is 1. The van der Waals surface area contributed by atoms with E-state index < -0.39 is 49.3 Å². The third-order valence-corrected chi connectivity index (χ3v) is 4.11. The number of hydrogen-bond acceptors (Lipinski definition) is 5. The first-order chi connectivity index (χ1) is 9.58. The third-order valence-electron chi connectivity index (χ3n) is 2.64. The minimum Gasteiger partial charge on any atom is -0.480 e. The van der Waals surface area contributed by atoms with Crippen molar-refractivity contribution >= 4 is 21.7 Å². The fraction of sp³-hybridized carbons (Fsp3) is 0.364. The summed E-state index contributed by atoms with van der Waals surface area (Å²) in [6.45, 7) is 2.92.